The van der Waals surface area contributed by atoms with Crippen molar-refractivity contribution < 1.29 is 18.8 Å². The van der Waals surface area contributed by atoms with Crippen LogP contribution in [0.4, 0.5) is 0 Å². The van der Waals surface area contributed by atoms with Gasteiger partial charge in [0.05, 0.1) is 20.3 Å². The predicted molar refractivity (Wildman–Crippen MR) is 104 cm³/mol. The largest absolute Gasteiger partial charge is 0.497 e. The lowest BCUT2D eigenvalue weighted by atomic mass is 10.2. The highest BCUT2D eigenvalue weighted by atomic mass is 16.5. The second kappa shape index (κ2) is 10.8. The fraction of sp³-hybridized carbons (Fsp3) is 0.550. The highest BCUT2D eigenvalue weighted by Gasteiger charge is 2.11. The van der Waals surface area contributed by atoms with E-state index in [9.17, 15) is 4.79 Å². The molecule has 1 fully saturated rings. The number of nitrogens with one attached hydrogen (secondary N) is 1. The first kappa shape index (κ1) is 20.3. The number of methoxy groups -OCH3 is 1. The smallest absolute Gasteiger partial charge is 0.227 e. The summed E-state index contributed by atoms with van der Waals surface area (Å²) in [6.07, 6.45) is 2.83. The Morgan fingerprint density at radius 2 is 2.00 bits per heavy atom. The Morgan fingerprint density at radius 1 is 1.21 bits per heavy atom. The van der Waals surface area contributed by atoms with E-state index in [4.69, 9.17) is 14.0 Å². The van der Waals surface area contributed by atoms with E-state index < -0.39 is 0 Å². The first-order chi connectivity index (χ1) is 13.7. The van der Waals surface area contributed by atoms with Crippen molar-refractivity contribution in [2.45, 2.75) is 25.7 Å². The number of rotatable bonds is 10. The number of unbranched alkanes of at least 4 members (excludes halogenated alkanes) is 1. The van der Waals surface area contributed by atoms with Gasteiger partial charge in [0, 0.05) is 38.0 Å². The normalized spacial score (nSPS) is 14.8. The number of aryl methyl sites for hydroxylation is 1. The Balaban J connectivity index is 1.31. The molecule has 8 heteroatoms. The Kier molecular flexibility index (Phi) is 7.81. The number of carbonyl (C=O) groups excluding carboxylic acids is 1. The highest BCUT2D eigenvalue weighted by molar-refractivity contribution is 5.75. The summed E-state index contributed by atoms with van der Waals surface area (Å²) >= 11 is 0. The number of aromatic nitrogens is 2. The lowest BCUT2D eigenvalue weighted by molar-refractivity contribution is -0.121. The molecule has 1 aromatic heterocycles. The monoisotopic (exact) mass is 388 g/mol. The van der Waals surface area contributed by atoms with Crippen LogP contribution in [0.5, 0.6) is 5.75 Å². The molecule has 1 N–H and O–H groups in total. The van der Waals surface area contributed by atoms with Crippen LogP contribution in [0.1, 0.15) is 25.2 Å². The Labute approximate surface area is 165 Å². The molecule has 0 spiro atoms. The second-order valence-electron chi connectivity index (χ2n) is 6.75. The van der Waals surface area contributed by atoms with Crippen LogP contribution in [0.3, 0.4) is 0 Å². The van der Waals surface area contributed by atoms with Crippen LogP contribution in [-0.2, 0) is 16.0 Å². The van der Waals surface area contributed by atoms with Crippen LogP contribution >= 0.6 is 0 Å². The topological polar surface area (TPSA) is 89.7 Å². The van der Waals surface area contributed by atoms with Gasteiger partial charge in [-0.05, 0) is 43.7 Å². The van der Waals surface area contributed by atoms with Gasteiger partial charge in [-0.15, -0.1) is 0 Å². The summed E-state index contributed by atoms with van der Waals surface area (Å²) < 4.78 is 15.7. The predicted octanol–water partition coefficient (Wildman–Crippen LogP) is 1.91. The molecule has 2 aromatic rings. The van der Waals surface area contributed by atoms with Crippen molar-refractivity contribution >= 4 is 5.91 Å². The van der Waals surface area contributed by atoms with Gasteiger partial charge in [-0.2, -0.15) is 4.98 Å². The van der Waals surface area contributed by atoms with E-state index in [1.54, 1.807) is 7.11 Å². The van der Waals surface area contributed by atoms with E-state index in [-0.39, 0.29) is 5.91 Å². The van der Waals surface area contributed by atoms with Gasteiger partial charge in [0.15, 0.2) is 0 Å². The molecule has 2 heterocycles. The molecule has 8 nitrogen and oxygen atoms in total. The lowest BCUT2D eigenvalue weighted by Gasteiger charge is -2.26. The molecule has 0 radical (unpaired) electrons. The number of ether oxygens (including phenoxy) is 2. The SMILES string of the molecule is COc1ccc(-c2noc(CCC(=O)NCCCCN3CCOCC3)n2)cc1. The summed E-state index contributed by atoms with van der Waals surface area (Å²) in [5, 5.41) is 6.93. The van der Waals surface area contributed by atoms with Crippen molar-refractivity contribution in [3.8, 4) is 17.1 Å². The van der Waals surface area contributed by atoms with Crippen molar-refractivity contribution in [3.63, 3.8) is 0 Å². The average molecular weight is 388 g/mol. The van der Waals surface area contributed by atoms with Gasteiger partial charge in [-0.25, -0.2) is 0 Å². The van der Waals surface area contributed by atoms with E-state index in [0.717, 1.165) is 57.0 Å². The van der Waals surface area contributed by atoms with Gasteiger partial charge < -0.3 is 19.3 Å². The van der Waals surface area contributed by atoms with Crippen molar-refractivity contribution in [2.75, 3.05) is 46.5 Å². The number of benzene rings is 1. The maximum absolute atomic E-state index is 12.0. The third kappa shape index (κ3) is 6.31. The van der Waals surface area contributed by atoms with Crippen molar-refractivity contribution in [3.05, 3.63) is 30.2 Å². The minimum atomic E-state index is 0.00979. The van der Waals surface area contributed by atoms with E-state index in [0.29, 0.717) is 31.1 Å². The third-order valence-corrected chi connectivity index (χ3v) is 4.71. The molecule has 1 aliphatic rings. The second-order valence-corrected chi connectivity index (χ2v) is 6.75. The van der Waals surface area contributed by atoms with Gasteiger partial charge in [-0.1, -0.05) is 5.16 Å². The molecule has 152 valence electrons. The van der Waals surface area contributed by atoms with E-state index in [1.807, 2.05) is 24.3 Å². The number of hydrogen-bond donors (Lipinski definition) is 1. The van der Waals surface area contributed by atoms with Gasteiger partial charge in [0.25, 0.3) is 0 Å². The fourth-order valence-electron chi connectivity index (χ4n) is 3.04. The Morgan fingerprint density at radius 3 is 2.75 bits per heavy atom. The third-order valence-electron chi connectivity index (χ3n) is 4.71. The van der Waals surface area contributed by atoms with E-state index in [1.165, 1.54) is 0 Å². The van der Waals surface area contributed by atoms with Gasteiger partial charge in [0.2, 0.25) is 17.6 Å². The van der Waals surface area contributed by atoms with Gasteiger partial charge >= 0.3 is 0 Å². The average Bonchev–Trinajstić information content (AvgIpc) is 3.22. The molecular weight excluding hydrogens is 360 g/mol. The minimum absolute atomic E-state index is 0.00979. The molecule has 1 aliphatic heterocycles. The summed E-state index contributed by atoms with van der Waals surface area (Å²) in [5.74, 6) is 1.76. The van der Waals surface area contributed by atoms with E-state index in [2.05, 4.69) is 20.4 Å². The Bertz CT molecular complexity index is 726. The first-order valence-electron chi connectivity index (χ1n) is 9.78. The van der Waals surface area contributed by atoms with Crippen LogP contribution in [0.25, 0.3) is 11.4 Å². The van der Waals surface area contributed by atoms with Crippen molar-refractivity contribution in [1.82, 2.24) is 20.4 Å². The van der Waals surface area contributed by atoms with Crippen LogP contribution in [0, 0.1) is 0 Å². The maximum atomic E-state index is 12.0. The molecule has 0 saturated carbocycles. The number of hydrogen-bond acceptors (Lipinski definition) is 7. The summed E-state index contributed by atoms with van der Waals surface area (Å²) in [5.41, 5.74) is 0.848. The molecular formula is C20H28N4O4. The molecule has 1 amide bonds. The molecule has 28 heavy (non-hydrogen) atoms. The molecule has 1 saturated heterocycles. The lowest BCUT2D eigenvalue weighted by Crippen LogP contribution is -2.37. The summed E-state index contributed by atoms with van der Waals surface area (Å²) in [7, 11) is 1.62. The van der Waals surface area contributed by atoms with Crippen LogP contribution < -0.4 is 10.1 Å². The van der Waals surface area contributed by atoms with Gasteiger partial charge in [-0.3, -0.25) is 9.69 Å². The summed E-state index contributed by atoms with van der Waals surface area (Å²) in [6, 6.07) is 7.43. The van der Waals surface area contributed by atoms with E-state index >= 15 is 0 Å². The maximum Gasteiger partial charge on any atom is 0.227 e. The standard InChI is InChI=1S/C20H28N4O4/c1-26-17-6-4-16(5-7-17)20-22-19(28-23-20)9-8-18(25)21-10-2-3-11-24-12-14-27-15-13-24/h4-7H,2-3,8-15H2,1H3,(H,21,25). The number of morpholine rings is 1. The van der Waals surface area contributed by atoms with Crippen LogP contribution in [0.15, 0.2) is 28.8 Å². The Hall–Kier alpha value is -2.45. The zero-order valence-corrected chi connectivity index (χ0v) is 16.4. The molecule has 0 bridgehead atoms. The minimum Gasteiger partial charge on any atom is -0.497 e. The summed E-state index contributed by atoms with van der Waals surface area (Å²) in [4.78, 5) is 18.7. The molecule has 0 atom stereocenters. The number of nitrogens with zero attached hydrogens (tertiary/aromatic N) is 3. The van der Waals surface area contributed by atoms with Crippen LogP contribution in [0.2, 0.25) is 0 Å². The number of amides is 1. The molecule has 3 rings (SSSR count). The summed E-state index contributed by atoms with van der Waals surface area (Å²) in [6.45, 7) is 5.43. The molecule has 1 aromatic carbocycles. The van der Waals surface area contributed by atoms with Crippen LogP contribution in [-0.4, -0.2) is 67.5 Å². The molecule has 0 unspecified atom stereocenters. The van der Waals surface area contributed by atoms with Crippen molar-refractivity contribution in [1.29, 1.82) is 0 Å². The zero-order valence-electron chi connectivity index (χ0n) is 16.4. The van der Waals surface area contributed by atoms with Gasteiger partial charge in [0.1, 0.15) is 5.75 Å². The van der Waals surface area contributed by atoms with Crippen molar-refractivity contribution in [2.24, 2.45) is 0 Å². The fourth-order valence-corrected chi connectivity index (χ4v) is 3.04. The zero-order chi connectivity index (χ0) is 19.6. The quantitative estimate of drug-likeness (QED) is 0.622. The highest BCUT2D eigenvalue weighted by Crippen LogP contribution is 2.19. The first-order valence-corrected chi connectivity index (χ1v) is 9.78. The molecule has 0 aliphatic carbocycles. The number of carbonyl (C=O) groups is 1.